The number of carboxylic acid groups (broad SMARTS) is 1. The van der Waals surface area contributed by atoms with Gasteiger partial charge in [-0.1, -0.05) is 19.9 Å². The van der Waals surface area contributed by atoms with E-state index in [-0.39, 0.29) is 6.54 Å². The molecule has 0 bridgehead atoms. The number of rotatable bonds is 6. The number of carboxylic acids is 1. The van der Waals surface area contributed by atoms with E-state index in [0.717, 1.165) is 17.4 Å². The molecule has 0 saturated carbocycles. The van der Waals surface area contributed by atoms with E-state index >= 15 is 0 Å². The van der Waals surface area contributed by atoms with Crippen molar-refractivity contribution in [2.24, 2.45) is 0 Å². The van der Waals surface area contributed by atoms with Crippen LogP contribution in [0.1, 0.15) is 19.8 Å². The van der Waals surface area contributed by atoms with Crippen LogP contribution in [-0.2, 0) is 9.59 Å². The molecule has 0 aliphatic heterocycles. The van der Waals surface area contributed by atoms with Crippen molar-refractivity contribution in [1.82, 2.24) is 4.90 Å². The van der Waals surface area contributed by atoms with Gasteiger partial charge in [0.05, 0.1) is 0 Å². The van der Waals surface area contributed by atoms with Crippen LogP contribution in [0, 0.1) is 0 Å². The van der Waals surface area contributed by atoms with Crippen molar-refractivity contribution >= 4 is 11.9 Å². The number of hydrogen-bond acceptors (Lipinski definition) is 3. The second kappa shape index (κ2) is 6.15. The summed E-state index contributed by atoms with van der Waals surface area (Å²) in [7, 11) is 0. The van der Waals surface area contributed by atoms with Crippen molar-refractivity contribution in [3.05, 3.63) is 12.7 Å². The molecule has 0 aromatic rings. The fourth-order valence-electron chi connectivity index (χ4n) is 0.932. The Hall–Kier alpha value is -1.36. The molecular formula is C9H15NO4. The highest BCUT2D eigenvalue weighted by Crippen LogP contribution is 2.02. The van der Waals surface area contributed by atoms with Crippen LogP contribution in [-0.4, -0.2) is 39.8 Å². The van der Waals surface area contributed by atoms with Crippen molar-refractivity contribution in [2.45, 2.75) is 26.0 Å². The Morgan fingerprint density at radius 2 is 2.14 bits per heavy atom. The highest BCUT2D eigenvalue weighted by molar-refractivity contribution is 5.90. The van der Waals surface area contributed by atoms with E-state index in [2.05, 4.69) is 6.58 Å². The zero-order valence-electron chi connectivity index (χ0n) is 8.14. The average molecular weight is 201 g/mol. The summed E-state index contributed by atoms with van der Waals surface area (Å²) in [6.45, 7) is 5.36. The highest BCUT2D eigenvalue weighted by Gasteiger charge is 2.24. The highest BCUT2D eigenvalue weighted by atomic mass is 16.4. The molecule has 1 unspecified atom stereocenters. The quantitative estimate of drug-likeness (QED) is 0.475. The number of nitrogens with zero attached hydrogens (tertiary/aromatic N) is 1. The molecule has 5 heteroatoms. The average Bonchev–Trinajstić information content (AvgIpc) is 2.17. The first kappa shape index (κ1) is 12.6. The van der Waals surface area contributed by atoms with Gasteiger partial charge >= 0.3 is 5.97 Å². The first-order valence-electron chi connectivity index (χ1n) is 4.38. The molecule has 14 heavy (non-hydrogen) atoms. The predicted molar refractivity (Wildman–Crippen MR) is 50.5 cm³/mol. The Labute approximate surface area is 82.6 Å². The summed E-state index contributed by atoms with van der Waals surface area (Å²) in [5.41, 5.74) is 0. The summed E-state index contributed by atoms with van der Waals surface area (Å²) in [5.74, 6) is -2.01. The summed E-state index contributed by atoms with van der Waals surface area (Å²) in [5, 5.41) is 17.7. The predicted octanol–water partition coefficient (Wildman–Crippen LogP) is 0.204. The fourth-order valence-corrected chi connectivity index (χ4v) is 0.932. The summed E-state index contributed by atoms with van der Waals surface area (Å²) >= 11 is 0. The van der Waals surface area contributed by atoms with Crippen molar-refractivity contribution in [1.29, 1.82) is 0 Å². The second-order valence-electron chi connectivity index (χ2n) is 2.80. The van der Waals surface area contributed by atoms with Gasteiger partial charge in [0.15, 0.2) is 0 Å². The van der Waals surface area contributed by atoms with Crippen molar-refractivity contribution in [3.63, 3.8) is 0 Å². The maximum absolute atomic E-state index is 11.1. The lowest BCUT2D eigenvalue weighted by molar-refractivity contribution is -0.163. The molecule has 1 amide bonds. The number of carbonyl (C=O) groups excluding carboxylic acids is 1. The third-order valence-corrected chi connectivity index (χ3v) is 1.73. The van der Waals surface area contributed by atoms with Crippen LogP contribution < -0.4 is 0 Å². The molecule has 2 N–H and O–H groups in total. The zero-order valence-corrected chi connectivity index (χ0v) is 8.14. The summed E-state index contributed by atoms with van der Waals surface area (Å²) in [4.78, 5) is 22.5. The van der Waals surface area contributed by atoms with E-state index < -0.39 is 18.1 Å². The zero-order chi connectivity index (χ0) is 11.1. The minimum atomic E-state index is -1.79. The van der Waals surface area contributed by atoms with Crippen molar-refractivity contribution < 1.29 is 19.8 Å². The normalized spacial score (nSPS) is 11.9. The molecule has 5 nitrogen and oxygen atoms in total. The SMILES string of the molecule is C=CC(=O)N(CCCC)C(O)C(=O)O. The summed E-state index contributed by atoms with van der Waals surface area (Å²) in [6.07, 6.45) is 0.658. The number of aliphatic carboxylic acids is 1. The van der Waals surface area contributed by atoms with Gasteiger partial charge in [-0.05, 0) is 12.5 Å². The Kier molecular flexibility index (Phi) is 5.55. The first-order chi connectivity index (χ1) is 6.54. The Morgan fingerprint density at radius 3 is 2.50 bits per heavy atom. The van der Waals surface area contributed by atoms with Crippen LogP contribution in [0.4, 0.5) is 0 Å². The van der Waals surface area contributed by atoms with Gasteiger partial charge in [0.25, 0.3) is 0 Å². The number of aliphatic hydroxyl groups is 1. The van der Waals surface area contributed by atoms with Gasteiger partial charge in [0, 0.05) is 6.54 Å². The molecule has 1 atom stereocenters. The molecule has 0 fully saturated rings. The molecule has 0 aliphatic carbocycles. The monoisotopic (exact) mass is 201 g/mol. The second-order valence-corrected chi connectivity index (χ2v) is 2.80. The molecule has 0 aliphatic rings. The van der Waals surface area contributed by atoms with Gasteiger partial charge in [-0.15, -0.1) is 0 Å². The van der Waals surface area contributed by atoms with Crippen LogP contribution in [0.25, 0.3) is 0 Å². The van der Waals surface area contributed by atoms with Gasteiger partial charge in [-0.2, -0.15) is 0 Å². The maximum atomic E-state index is 11.1. The van der Waals surface area contributed by atoms with Crippen LogP contribution >= 0.6 is 0 Å². The van der Waals surface area contributed by atoms with Gasteiger partial charge in [0.2, 0.25) is 12.1 Å². The minimum absolute atomic E-state index is 0.217. The van der Waals surface area contributed by atoms with Crippen LogP contribution in [0.2, 0.25) is 0 Å². The Morgan fingerprint density at radius 1 is 1.57 bits per heavy atom. The molecular weight excluding hydrogens is 186 g/mol. The lowest BCUT2D eigenvalue weighted by Crippen LogP contribution is -2.44. The van der Waals surface area contributed by atoms with E-state index in [1.807, 2.05) is 6.92 Å². The van der Waals surface area contributed by atoms with Crippen molar-refractivity contribution in [3.8, 4) is 0 Å². The first-order valence-corrected chi connectivity index (χ1v) is 4.38. The minimum Gasteiger partial charge on any atom is -0.478 e. The van der Waals surface area contributed by atoms with Crippen molar-refractivity contribution in [2.75, 3.05) is 6.54 Å². The van der Waals surface area contributed by atoms with Crippen LogP contribution in [0.15, 0.2) is 12.7 Å². The van der Waals surface area contributed by atoms with E-state index in [4.69, 9.17) is 5.11 Å². The van der Waals surface area contributed by atoms with Gasteiger partial charge in [-0.3, -0.25) is 4.79 Å². The molecule has 0 spiro atoms. The lowest BCUT2D eigenvalue weighted by atomic mass is 10.3. The largest absolute Gasteiger partial charge is 0.478 e. The standard InChI is InChI=1S/C9H15NO4/c1-3-5-6-10(7(11)4-2)8(12)9(13)14/h4,8,12H,2-3,5-6H2,1H3,(H,13,14). The lowest BCUT2D eigenvalue weighted by Gasteiger charge is -2.23. The number of amides is 1. The summed E-state index contributed by atoms with van der Waals surface area (Å²) in [6, 6.07) is 0. The Balaban J connectivity index is 4.45. The van der Waals surface area contributed by atoms with Crippen LogP contribution in [0.5, 0.6) is 0 Å². The van der Waals surface area contributed by atoms with Gasteiger partial charge in [0.1, 0.15) is 0 Å². The number of unbranched alkanes of at least 4 members (excludes halogenated alkanes) is 1. The third-order valence-electron chi connectivity index (χ3n) is 1.73. The number of carbonyl (C=O) groups is 2. The fraction of sp³-hybridized carbons (Fsp3) is 0.556. The Bertz CT molecular complexity index is 227. The maximum Gasteiger partial charge on any atom is 0.354 e. The molecule has 0 heterocycles. The molecule has 80 valence electrons. The van der Waals surface area contributed by atoms with Crippen LogP contribution in [0.3, 0.4) is 0 Å². The third kappa shape index (κ3) is 3.57. The molecule has 0 saturated heterocycles. The molecule has 0 radical (unpaired) electrons. The number of hydrogen-bond donors (Lipinski definition) is 2. The van der Waals surface area contributed by atoms with E-state index in [0.29, 0.717) is 6.42 Å². The number of aliphatic hydroxyl groups excluding tert-OH is 1. The molecule has 0 aromatic heterocycles. The van der Waals surface area contributed by atoms with E-state index in [1.165, 1.54) is 0 Å². The smallest absolute Gasteiger partial charge is 0.354 e. The van der Waals surface area contributed by atoms with E-state index in [1.54, 1.807) is 0 Å². The summed E-state index contributed by atoms with van der Waals surface area (Å²) < 4.78 is 0. The van der Waals surface area contributed by atoms with Gasteiger partial charge in [-0.25, -0.2) is 4.79 Å². The topological polar surface area (TPSA) is 77.8 Å². The molecule has 0 rings (SSSR count). The van der Waals surface area contributed by atoms with E-state index in [9.17, 15) is 14.7 Å². The van der Waals surface area contributed by atoms with Gasteiger partial charge < -0.3 is 15.1 Å². The molecule has 0 aromatic carbocycles.